The Balaban J connectivity index is 2.82. The molecule has 0 aromatic heterocycles. The molecule has 0 heterocycles. The Kier molecular flexibility index (Phi) is 7.52. The second-order valence-electron chi connectivity index (χ2n) is 4.76. The molecule has 0 radical (unpaired) electrons. The van der Waals surface area contributed by atoms with Gasteiger partial charge in [0.2, 0.25) is 0 Å². The van der Waals surface area contributed by atoms with Crippen LogP contribution in [0.4, 0.5) is 0 Å². The maximum Gasteiger partial charge on any atom is 0.328 e. The van der Waals surface area contributed by atoms with Gasteiger partial charge >= 0.3 is 11.9 Å². The average Bonchev–Trinajstić information content (AvgIpc) is 2.54. The number of thiocarbonyl (C=S) groups is 1. The van der Waals surface area contributed by atoms with Crippen molar-refractivity contribution in [2.24, 2.45) is 5.92 Å². The molecule has 6 heteroatoms. The van der Waals surface area contributed by atoms with E-state index < -0.39 is 23.9 Å². The van der Waals surface area contributed by atoms with Gasteiger partial charge < -0.3 is 14.8 Å². The van der Waals surface area contributed by atoms with Crippen molar-refractivity contribution in [3.05, 3.63) is 35.9 Å². The number of hydrogen-bond acceptors (Lipinski definition) is 5. The first-order chi connectivity index (χ1) is 10.5. The van der Waals surface area contributed by atoms with E-state index in [2.05, 4.69) is 5.32 Å². The van der Waals surface area contributed by atoms with E-state index in [0.717, 1.165) is 5.56 Å². The molecule has 1 aromatic rings. The molecule has 0 unspecified atom stereocenters. The van der Waals surface area contributed by atoms with E-state index in [-0.39, 0.29) is 0 Å². The highest BCUT2D eigenvalue weighted by Crippen LogP contribution is 2.10. The standard InChI is InChI=1S/C16H21NO4S/c1-4-12(15(18)20-2)14(22)17-13(16(19)21-3)10-11-8-6-5-7-9-11/h5-9,12-13H,4,10H2,1-3H3,(H,17,22)/t12-,13-/m0/s1. The zero-order valence-electron chi connectivity index (χ0n) is 13.0. The van der Waals surface area contributed by atoms with Crippen LogP contribution in [0, 0.1) is 5.92 Å². The summed E-state index contributed by atoms with van der Waals surface area (Å²) in [7, 11) is 2.64. The first kappa shape index (κ1) is 18.1. The highest BCUT2D eigenvalue weighted by atomic mass is 32.1. The van der Waals surface area contributed by atoms with E-state index >= 15 is 0 Å². The maximum absolute atomic E-state index is 11.9. The van der Waals surface area contributed by atoms with Crippen molar-refractivity contribution in [2.75, 3.05) is 14.2 Å². The molecule has 22 heavy (non-hydrogen) atoms. The minimum atomic E-state index is -0.640. The quantitative estimate of drug-likeness (QED) is 0.611. The second-order valence-corrected chi connectivity index (χ2v) is 5.20. The smallest absolute Gasteiger partial charge is 0.328 e. The van der Waals surface area contributed by atoms with Crippen molar-refractivity contribution >= 4 is 29.1 Å². The summed E-state index contributed by atoms with van der Waals surface area (Å²) in [6.45, 7) is 1.83. The molecule has 0 fully saturated rings. The van der Waals surface area contributed by atoms with Crippen molar-refractivity contribution in [1.29, 1.82) is 0 Å². The van der Waals surface area contributed by atoms with E-state index in [1.165, 1.54) is 14.2 Å². The number of esters is 2. The molecule has 0 aliphatic rings. The third-order valence-electron chi connectivity index (χ3n) is 3.30. The lowest BCUT2D eigenvalue weighted by atomic mass is 10.0. The second kappa shape index (κ2) is 9.15. The maximum atomic E-state index is 11.9. The summed E-state index contributed by atoms with van der Waals surface area (Å²) in [6, 6.07) is 8.88. The van der Waals surface area contributed by atoms with Crippen LogP contribution >= 0.6 is 12.2 Å². The van der Waals surface area contributed by atoms with Crippen molar-refractivity contribution in [1.82, 2.24) is 5.32 Å². The highest BCUT2D eigenvalue weighted by molar-refractivity contribution is 7.80. The highest BCUT2D eigenvalue weighted by Gasteiger charge is 2.27. The summed E-state index contributed by atoms with van der Waals surface area (Å²) >= 11 is 5.26. The van der Waals surface area contributed by atoms with Crippen LogP contribution in [0.1, 0.15) is 18.9 Å². The number of benzene rings is 1. The van der Waals surface area contributed by atoms with Gasteiger partial charge in [-0.05, 0) is 12.0 Å². The van der Waals surface area contributed by atoms with E-state index in [1.807, 2.05) is 37.3 Å². The third-order valence-corrected chi connectivity index (χ3v) is 3.70. The molecule has 0 saturated carbocycles. The first-order valence-electron chi connectivity index (χ1n) is 7.03. The van der Waals surface area contributed by atoms with Crippen LogP contribution in [0.5, 0.6) is 0 Å². The Morgan fingerprint density at radius 1 is 1.14 bits per heavy atom. The van der Waals surface area contributed by atoms with Crippen LogP contribution in [0.15, 0.2) is 30.3 Å². The SMILES string of the molecule is CC[C@H](C(=O)OC)C(=S)N[C@@H](Cc1ccccc1)C(=O)OC. The number of carbonyl (C=O) groups excluding carboxylic acids is 2. The molecular weight excluding hydrogens is 302 g/mol. The van der Waals surface area contributed by atoms with Crippen LogP contribution in [-0.2, 0) is 25.5 Å². The Morgan fingerprint density at radius 3 is 2.23 bits per heavy atom. The van der Waals surface area contributed by atoms with E-state index in [0.29, 0.717) is 17.8 Å². The van der Waals surface area contributed by atoms with Crippen LogP contribution in [-0.4, -0.2) is 37.2 Å². The van der Waals surface area contributed by atoms with Gasteiger partial charge in [0, 0.05) is 6.42 Å². The number of carbonyl (C=O) groups is 2. The minimum Gasteiger partial charge on any atom is -0.468 e. The largest absolute Gasteiger partial charge is 0.468 e. The Hall–Kier alpha value is -1.95. The normalized spacial score (nSPS) is 12.9. The number of methoxy groups -OCH3 is 2. The van der Waals surface area contributed by atoms with Crippen LogP contribution in [0.2, 0.25) is 0 Å². The molecule has 5 nitrogen and oxygen atoms in total. The summed E-state index contributed by atoms with van der Waals surface area (Å²) in [6.07, 6.45) is 0.920. The lowest BCUT2D eigenvalue weighted by Crippen LogP contribution is -2.46. The third kappa shape index (κ3) is 5.11. The zero-order valence-corrected chi connectivity index (χ0v) is 13.8. The summed E-state index contributed by atoms with van der Waals surface area (Å²) in [5.41, 5.74) is 0.972. The van der Waals surface area contributed by atoms with Crippen molar-refractivity contribution in [2.45, 2.75) is 25.8 Å². The molecule has 0 amide bonds. The topological polar surface area (TPSA) is 64.6 Å². The monoisotopic (exact) mass is 323 g/mol. The average molecular weight is 323 g/mol. The van der Waals surface area contributed by atoms with E-state index in [4.69, 9.17) is 21.7 Å². The molecule has 0 bridgehead atoms. The summed E-state index contributed by atoms with van der Waals surface area (Å²) in [4.78, 5) is 23.9. The Morgan fingerprint density at radius 2 is 1.73 bits per heavy atom. The lowest BCUT2D eigenvalue weighted by Gasteiger charge is -2.21. The van der Waals surface area contributed by atoms with Gasteiger partial charge in [0.15, 0.2) is 0 Å². The van der Waals surface area contributed by atoms with Crippen LogP contribution in [0.3, 0.4) is 0 Å². The van der Waals surface area contributed by atoms with Crippen molar-refractivity contribution in [3.63, 3.8) is 0 Å². The minimum absolute atomic E-state index is 0.292. The first-order valence-corrected chi connectivity index (χ1v) is 7.44. The van der Waals surface area contributed by atoms with Gasteiger partial charge in [-0.2, -0.15) is 0 Å². The predicted molar refractivity (Wildman–Crippen MR) is 87.5 cm³/mol. The summed E-state index contributed by atoms with van der Waals surface area (Å²) < 4.78 is 9.54. The molecule has 1 rings (SSSR count). The fourth-order valence-corrected chi connectivity index (χ4v) is 2.46. The molecule has 1 N–H and O–H groups in total. The molecule has 2 atom stereocenters. The Labute approximate surface area is 136 Å². The van der Waals surface area contributed by atoms with E-state index in [9.17, 15) is 9.59 Å². The van der Waals surface area contributed by atoms with Gasteiger partial charge in [-0.3, -0.25) is 4.79 Å². The Bertz CT molecular complexity index is 518. The van der Waals surface area contributed by atoms with Crippen LogP contribution < -0.4 is 5.32 Å². The van der Waals surface area contributed by atoms with Crippen molar-refractivity contribution in [3.8, 4) is 0 Å². The zero-order chi connectivity index (χ0) is 16.5. The number of hydrogen-bond donors (Lipinski definition) is 1. The summed E-state index contributed by atoms with van der Waals surface area (Å²) in [5.74, 6) is -1.41. The van der Waals surface area contributed by atoms with Gasteiger partial charge in [0.25, 0.3) is 0 Å². The van der Waals surface area contributed by atoms with Gasteiger partial charge in [0.05, 0.1) is 19.2 Å². The molecule has 0 saturated heterocycles. The van der Waals surface area contributed by atoms with Crippen LogP contribution in [0.25, 0.3) is 0 Å². The fourth-order valence-electron chi connectivity index (χ4n) is 2.06. The van der Waals surface area contributed by atoms with Crippen molar-refractivity contribution < 1.29 is 19.1 Å². The predicted octanol–water partition coefficient (Wildman–Crippen LogP) is 1.89. The van der Waals surface area contributed by atoms with Gasteiger partial charge in [-0.25, -0.2) is 4.79 Å². The molecule has 120 valence electrons. The molecular formula is C16H21NO4S. The fraction of sp³-hybridized carbons (Fsp3) is 0.438. The van der Waals surface area contributed by atoms with Gasteiger partial charge in [-0.15, -0.1) is 0 Å². The molecule has 0 aliphatic carbocycles. The van der Waals surface area contributed by atoms with Gasteiger partial charge in [0.1, 0.15) is 12.0 Å². The molecule has 1 aromatic carbocycles. The molecule has 0 spiro atoms. The number of ether oxygens (including phenoxy) is 2. The van der Waals surface area contributed by atoms with Gasteiger partial charge in [-0.1, -0.05) is 49.5 Å². The number of rotatable bonds is 7. The number of nitrogens with one attached hydrogen (secondary N) is 1. The molecule has 0 aliphatic heterocycles. The summed E-state index contributed by atoms with van der Waals surface area (Å²) in [5, 5.41) is 2.94. The van der Waals surface area contributed by atoms with E-state index in [1.54, 1.807) is 0 Å². The lowest BCUT2D eigenvalue weighted by molar-refractivity contribution is -0.144.